The normalized spacial score (nSPS) is 27.0. The summed E-state index contributed by atoms with van der Waals surface area (Å²) in [7, 11) is 0. The Morgan fingerprint density at radius 2 is 2.19 bits per heavy atom. The molecule has 0 spiro atoms. The highest BCUT2D eigenvalue weighted by Gasteiger charge is 2.37. The van der Waals surface area contributed by atoms with Gasteiger partial charge < -0.3 is 10.5 Å². The quantitative estimate of drug-likeness (QED) is 0.882. The predicted molar refractivity (Wildman–Crippen MR) is 72.4 cm³/mol. The van der Waals surface area contributed by atoms with E-state index >= 15 is 0 Å². The summed E-state index contributed by atoms with van der Waals surface area (Å²) in [6, 6.07) is 5.97. The highest BCUT2D eigenvalue weighted by Crippen LogP contribution is 2.38. The molecule has 1 fully saturated rings. The van der Waals surface area contributed by atoms with Gasteiger partial charge >= 0.3 is 0 Å². The van der Waals surface area contributed by atoms with Crippen molar-refractivity contribution in [2.24, 2.45) is 5.73 Å². The molecule has 1 heterocycles. The van der Waals surface area contributed by atoms with Crippen molar-refractivity contribution >= 4 is 31.9 Å². The monoisotopic (exact) mass is 347 g/mol. The molecule has 0 saturated carbocycles. The number of halogens is 2. The molecule has 2 nitrogen and oxygen atoms in total. The molecule has 1 aromatic carbocycles. The Kier molecular flexibility index (Phi) is 3.74. The predicted octanol–water partition coefficient (Wildman–Crippen LogP) is 3.78. The average Bonchev–Trinajstić information content (AvgIpc) is 2.69. The Morgan fingerprint density at radius 1 is 1.44 bits per heavy atom. The fourth-order valence-corrected chi connectivity index (χ4v) is 3.00. The van der Waals surface area contributed by atoms with Gasteiger partial charge in [0.05, 0.1) is 11.6 Å². The van der Waals surface area contributed by atoms with Gasteiger partial charge in [-0.15, -0.1) is 0 Å². The van der Waals surface area contributed by atoms with Crippen LogP contribution < -0.4 is 5.73 Å². The van der Waals surface area contributed by atoms with E-state index in [0.717, 1.165) is 34.0 Å². The van der Waals surface area contributed by atoms with Crippen molar-refractivity contribution < 1.29 is 4.74 Å². The summed E-state index contributed by atoms with van der Waals surface area (Å²) in [5.41, 5.74) is 7.19. The topological polar surface area (TPSA) is 35.2 Å². The van der Waals surface area contributed by atoms with Crippen LogP contribution in [0.3, 0.4) is 0 Å². The number of hydrogen-bond donors (Lipinski definition) is 1. The third-order valence-corrected chi connectivity index (χ3v) is 4.42. The SMILES string of the molecule is CC1(C(N)c2cc(Br)ccc2Br)CCCO1. The molecule has 1 aromatic rings. The van der Waals surface area contributed by atoms with Gasteiger partial charge in [0.1, 0.15) is 0 Å². The van der Waals surface area contributed by atoms with Crippen molar-refractivity contribution in [3.63, 3.8) is 0 Å². The molecule has 2 atom stereocenters. The molecule has 2 rings (SSSR count). The Bertz CT molecular complexity index is 389. The van der Waals surface area contributed by atoms with Crippen molar-refractivity contribution in [1.29, 1.82) is 0 Å². The zero-order chi connectivity index (χ0) is 11.8. The zero-order valence-electron chi connectivity index (χ0n) is 9.17. The molecule has 0 bridgehead atoms. The lowest BCUT2D eigenvalue weighted by molar-refractivity contribution is -0.00191. The van der Waals surface area contributed by atoms with E-state index in [1.807, 2.05) is 12.1 Å². The summed E-state index contributed by atoms with van der Waals surface area (Å²) >= 11 is 7.02. The average molecular weight is 349 g/mol. The van der Waals surface area contributed by atoms with Gasteiger partial charge in [0.2, 0.25) is 0 Å². The molecule has 0 amide bonds. The van der Waals surface area contributed by atoms with Gasteiger partial charge in [-0.25, -0.2) is 0 Å². The lowest BCUT2D eigenvalue weighted by Crippen LogP contribution is -2.37. The number of ether oxygens (including phenoxy) is 1. The summed E-state index contributed by atoms with van der Waals surface area (Å²) in [5.74, 6) is 0. The van der Waals surface area contributed by atoms with Crippen molar-refractivity contribution in [3.05, 3.63) is 32.7 Å². The molecule has 0 aliphatic carbocycles. The molecule has 2 N–H and O–H groups in total. The van der Waals surface area contributed by atoms with Gasteiger partial charge in [-0.3, -0.25) is 0 Å². The largest absolute Gasteiger partial charge is 0.373 e. The van der Waals surface area contributed by atoms with Crippen LogP contribution in [0, 0.1) is 0 Å². The van der Waals surface area contributed by atoms with Crippen molar-refractivity contribution in [2.75, 3.05) is 6.61 Å². The van der Waals surface area contributed by atoms with E-state index in [0.29, 0.717) is 0 Å². The highest BCUT2D eigenvalue weighted by atomic mass is 79.9. The van der Waals surface area contributed by atoms with E-state index < -0.39 is 0 Å². The summed E-state index contributed by atoms with van der Waals surface area (Å²) in [6.45, 7) is 2.91. The molecule has 0 radical (unpaired) electrons. The molecule has 16 heavy (non-hydrogen) atoms. The minimum absolute atomic E-state index is 0.0955. The molecule has 2 unspecified atom stereocenters. The van der Waals surface area contributed by atoms with Crippen molar-refractivity contribution in [3.8, 4) is 0 Å². The third kappa shape index (κ3) is 2.35. The molecule has 1 saturated heterocycles. The van der Waals surface area contributed by atoms with E-state index in [-0.39, 0.29) is 11.6 Å². The first-order valence-electron chi connectivity index (χ1n) is 5.37. The van der Waals surface area contributed by atoms with Crippen molar-refractivity contribution in [1.82, 2.24) is 0 Å². The van der Waals surface area contributed by atoms with Gasteiger partial charge in [-0.05, 0) is 43.5 Å². The summed E-state index contributed by atoms with van der Waals surface area (Å²) in [4.78, 5) is 0. The van der Waals surface area contributed by atoms with Crippen LogP contribution in [0.2, 0.25) is 0 Å². The second-order valence-electron chi connectivity index (χ2n) is 4.41. The zero-order valence-corrected chi connectivity index (χ0v) is 12.3. The van der Waals surface area contributed by atoms with Crippen LogP contribution in [-0.2, 0) is 4.74 Å². The first-order valence-corrected chi connectivity index (χ1v) is 6.96. The fourth-order valence-electron chi connectivity index (χ4n) is 2.13. The standard InChI is InChI=1S/C12H15Br2NO/c1-12(5-2-6-16-12)11(15)9-7-8(13)3-4-10(9)14/h3-4,7,11H,2,5-6,15H2,1H3. The minimum atomic E-state index is -0.233. The summed E-state index contributed by atoms with van der Waals surface area (Å²) in [5, 5.41) is 0. The second-order valence-corrected chi connectivity index (χ2v) is 6.18. The lowest BCUT2D eigenvalue weighted by atomic mass is 9.88. The molecule has 88 valence electrons. The van der Waals surface area contributed by atoms with Crippen LogP contribution in [0.5, 0.6) is 0 Å². The Morgan fingerprint density at radius 3 is 2.81 bits per heavy atom. The maximum atomic E-state index is 6.33. The molecular weight excluding hydrogens is 334 g/mol. The highest BCUT2D eigenvalue weighted by molar-refractivity contribution is 9.11. The third-order valence-electron chi connectivity index (χ3n) is 3.20. The molecule has 1 aliphatic rings. The molecule has 4 heteroatoms. The first-order chi connectivity index (χ1) is 7.53. The van der Waals surface area contributed by atoms with Crippen LogP contribution in [0.25, 0.3) is 0 Å². The van der Waals surface area contributed by atoms with Crippen LogP contribution >= 0.6 is 31.9 Å². The Labute approximate surface area is 113 Å². The molecule has 0 aromatic heterocycles. The number of hydrogen-bond acceptors (Lipinski definition) is 2. The Hall–Kier alpha value is 0.1000. The van der Waals surface area contributed by atoms with Crippen LogP contribution in [0.15, 0.2) is 27.1 Å². The van der Waals surface area contributed by atoms with E-state index in [2.05, 4.69) is 44.8 Å². The first kappa shape index (κ1) is 12.6. The van der Waals surface area contributed by atoms with Gasteiger partial charge in [0.25, 0.3) is 0 Å². The van der Waals surface area contributed by atoms with Gasteiger partial charge in [0.15, 0.2) is 0 Å². The number of benzene rings is 1. The van der Waals surface area contributed by atoms with E-state index in [1.54, 1.807) is 0 Å². The van der Waals surface area contributed by atoms with Crippen LogP contribution in [0.4, 0.5) is 0 Å². The van der Waals surface area contributed by atoms with Crippen LogP contribution in [-0.4, -0.2) is 12.2 Å². The maximum Gasteiger partial charge on any atom is 0.0847 e. The molecular formula is C12H15Br2NO. The summed E-state index contributed by atoms with van der Waals surface area (Å²) in [6.07, 6.45) is 2.11. The van der Waals surface area contributed by atoms with Crippen LogP contribution in [0.1, 0.15) is 31.4 Å². The second kappa shape index (κ2) is 4.77. The smallest absolute Gasteiger partial charge is 0.0847 e. The Balaban J connectivity index is 2.32. The molecule has 1 aliphatic heterocycles. The van der Waals surface area contributed by atoms with Gasteiger partial charge in [0, 0.05) is 15.6 Å². The maximum absolute atomic E-state index is 6.33. The van der Waals surface area contributed by atoms with E-state index in [9.17, 15) is 0 Å². The van der Waals surface area contributed by atoms with E-state index in [1.165, 1.54) is 0 Å². The van der Waals surface area contributed by atoms with Crippen molar-refractivity contribution in [2.45, 2.75) is 31.4 Å². The van der Waals surface area contributed by atoms with E-state index in [4.69, 9.17) is 10.5 Å². The number of rotatable bonds is 2. The van der Waals surface area contributed by atoms with Gasteiger partial charge in [-0.2, -0.15) is 0 Å². The summed E-state index contributed by atoms with van der Waals surface area (Å²) < 4.78 is 7.88. The fraction of sp³-hybridized carbons (Fsp3) is 0.500. The van der Waals surface area contributed by atoms with Gasteiger partial charge in [-0.1, -0.05) is 31.9 Å². The minimum Gasteiger partial charge on any atom is -0.373 e. The number of nitrogens with two attached hydrogens (primary N) is 1. The lowest BCUT2D eigenvalue weighted by Gasteiger charge is -2.31.